The van der Waals surface area contributed by atoms with Crippen LogP contribution in [0.1, 0.15) is 22.3 Å². The topological polar surface area (TPSA) is 73.2 Å². The minimum atomic E-state index is -1.06. The molecule has 10 heteroatoms. The molecule has 0 fully saturated rings. The molecule has 0 aliphatic rings. The van der Waals surface area contributed by atoms with Crippen molar-refractivity contribution in [3.05, 3.63) is 75.0 Å². The number of fused-ring (bicyclic) bond motifs is 1. The third-order valence-corrected chi connectivity index (χ3v) is 6.13. The molecule has 4 aromatic rings. The third-order valence-electron chi connectivity index (χ3n) is 4.60. The number of thiophene rings is 1. The van der Waals surface area contributed by atoms with Gasteiger partial charge in [0.2, 0.25) is 0 Å². The quantitative estimate of drug-likeness (QED) is 0.346. The van der Waals surface area contributed by atoms with Gasteiger partial charge < -0.3 is 10.1 Å². The van der Waals surface area contributed by atoms with Crippen molar-refractivity contribution in [2.45, 2.75) is 20.0 Å². The Morgan fingerprint density at radius 3 is 2.44 bits per heavy atom. The van der Waals surface area contributed by atoms with E-state index >= 15 is 0 Å². The van der Waals surface area contributed by atoms with Crippen molar-refractivity contribution in [3.63, 3.8) is 0 Å². The smallest absolute Gasteiger partial charge is 0.349 e. The highest BCUT2D eigenvalue weighted by molar-refractivity contribution is 7.20. The van der Waals surface area contributed by atoms with E-state index in [1.807, 2.05) is 6.92 Å². The summed E-state index contributed by atoms with van der Waals surface area (Å²) in [7, 11) is 0. The lowest BCUT2D eigenvalue weighted by Crippen LogP contribution is -2.29. The molecular weight excluding hydrogens is 476 g/mol. The normalized spacial score (nSPS) is 12.0. The Labute approximate surface area is 196 Å². The van der Waals surface area contributed by atoms with E-state index < -0.39 is 18.0 Å². The van der Waals surface area contributed by atoms with Gasteiger partial charge in [-0.25, -0.2) is 13.9 Å². The Morgan fingerprint density at radius 2 is 1.78 bits per heavy atom. The molecule has 0 aliphatic carbocycles. The van der Waals surface area contributed by atoms with E-state index in [1.54, 1.807) is 28.9 Å². The second-order valence-corrected chi connectivity index (χ2v) is 8.90. The van der Waals surface area contributed by atoms with E-state index in [0.717, 1.165) is 5.39 Å². The fourth-order valence-corrected chi connectivity index (χ4v) is 4.64. The standard InChI is InChI=1S/C22H16Cl2FN3O3S/c1-11-18-10-19(32-21(18)28(27-11)17-5-3-15(25)4-6-17)22(30)31-12(2)20(29)26-16-8-13(23)7-14(24)9-16/h3-10,12H,1-2H3,(H,26,29). The minimum absolute atomic E-state index is 0.321. The summed E-state index contributed by atoms with van der Waals surface area (Å²) in [6.45, 7) is 3.29. The maximum atomic E-state index is 13.3. The molecule has 2 aromatic heterocycles. The highest BCUT2D eigenvalue weighted by Crippen LogP contribution is 2.31. The lowest BCUT2D eigenvalue weighted by molar-refractivity contribution is -0.123. The molecule has 0 saturated heterocycles. The summed E-state index contributed by atoms with van der Waals surface area (Å²) in [5, 5.41) is 8.60. The average molecular weight is 492 g/mol. The number of carbonyl (C=O) groups excluding carboxylic acids is 2. The number of aromatic nitrogens is 2. The molecule has 0 aliphatic heterocycles. The molecule has 2 heterocycles. The third kappa shape index (κ3) is 4.62. The van der Waals surface area contributed by atoms with Crippen LogP contribution < -0.4 is 5.32 Å². The van der Waals surface area contributed by atoms with Gasteiger partial charge in [0.05, 0.1) is 11.4 Å². The van der Waals surface area contributed by atoms with Gasteiger partial charge in [0.25, 0.3) is 5.91 Å². The molecule has 6 nitrogen and oxygen atoms in total. The summed E-state index contributed by atoms with van der Waals surface area (Å²) in [5.41, 5.74) is 1.77. The van der Waals surface area contributed by atoms with Crippen LogP contribution in [0, 0.1) is 12.7 Å². The number of ether oxygens (including phenoxy) is 1. The molecule has 4 rings (SSSR count). The highest BCUT2D eigenvalue weighted by atomic mass is 35.5. The van der Waals surface area contributed by atoms with Crippen molar-refractivity contribution < 1.29 is 18.7 Å². The van der Waals surface area contributed by atoms with Crippen LogP contribution in [0.15, 0.2) is 48.5 Å². The van der Waals surface area contributed by atoms with Crippen LogP contribution in [0.3, 0.4) is 0 Å². The number of benzene rings is 2. The number of halogens is 3. The SMILES string of the molecule is Cc1nn(-c2ccc(F)cc2)c2sc(C(=O)OC(C)C(=O)Nc3cc(Cl)cc(Cl)c3)cc12. The van der Waals surface area contributed by atoms with E-state index in [0.29, 0.717) is 36.8 Å². The lowest BCUT2D eigenvalue weighted by atomic mass is 10.3. The van der Waals surface area contributed by atoms with Crippen LogP contribution >= 0.6 is 34.5 Å². The summed E-state index contributed by atoms with van der Waals surface area (Å²) in [6.07, 6.45) is -1.06. The van der Waals surface area contributed by atoms with E-state index in [1.165, 1.54) is 42.5 Å². The van der Waals surface area contributed by atoms with Crippen molar-refractivity contribution >= 4 is 62.3 Å². The van der Waals surface area contributed by atoms with Gasteiger partial charge in [-0.2, -0.15) is 5.10 Å². The summed E-state index contributed by atoms with van der Waals surface area (Å²) in [6, 6.07) is 12.2. The van der Waals surface area contributed by atoms with E-state index in [4.69, 9.17) is 27.9 Å². The van der Waals surface area contributed by atoms with Crippen LogP contribution in [-0.4, -0.2) is 27.8 Å². The number of amides is 1. The number of esters is 1. The second kappa shape index (κ2) is 8.90. The number of hydrogen-bond donors (Lipinski definition) is 1. The highest BCUT2D eigenvalue weighted by Gasteiger charge is 2.23. The Bertz CT molecular complexity index is 1310. The molecular formula is C22H16Cl2FN3O3S. The van der Waals surface area contributed by atoms with Crippen LogP contribution in [0.25, 0.3) is 15.9 Å². The largest absolute Gasteiger partial charge is 0.448 e. The molecule has 0 bridgehead atoms. The van der Waals surface area contributed by atoms with E-state index in [9.17, 15) is 14.0 Å². The van der Waals surface area contributed by atoms with Gasteiger partial charge in [-0.05, 0) is 62.4 Å². The molecule has 0 radical (unpaired) electrons. The van der Waals surface area contributed by atoms with E-state index in [-0.39, 0.29) is 5.82 Å². The number of aryl methyl sites for hydroxylation is 1. The van der Waals surface area contributed by atoms with Gasteiger partial charge in [-0.1, -0.05) is 23.2 Å². The van der Waals surface area contributed by atoms with Gasteiger partial charge in [0.15, 0.2) is 6.10 Å². The summed E-state index contributed by atoms with van der Waals surface area (Å²) in [4.78, 5) is 26.1. The number of carbonyl (C=O) groups is 2. The second-order valence-electron chi connectivity index (χ2n) is 7.00. The summed E-state index contributed by atoms with van der Waals surface area (Å²) in [5.74, 6) is -1.51. The molecule has 1 N–H and O–H groups in total. The average Bonchev–Trinajstić information content (AvgIpc) is 3.28. The van der Waals surface area contributed by atoms with Crippen LogP contribution in [-0.2, 0) is 9.53 Å². The van der Waals surface area contributed by atoms with Crippen LogP contribution in [0.4, 0.5) is 10.1 Å². The van der Waals surface area contributed by atoms with Gasteiger partial charge >= 0.3 is 5.97 Å². The van der Waals surface area contributed by atoms with Gasteiger partial charge in [-0.3, -0.25) is 4.79 Å². The van der Waals surface area contributed by atoms with Crippen molar-refractivity contribution in [2.75, 3.05) is 5.32 Å². The monoisotopic (exact) mass is 491 g/mol. The van der Waals surface area contributed by atoms with Gasteiger partial charge in [-0.15, -0.1) is 11.3 Å². The number of nitrogens with one attached hydrogen (secondary N) is 1. The minimum Gasteiger partial charge on any atom is -0.448 e. The first-order valence-corrected chi connectivity index (χ1v) is 11.0. The fraction of sp³-hybridized carbons (Fsp3) is 0.136. The zero-order chi connectivity index (χ0) is 23.0. The first-order valence-electron chi connectivity index (χ1n) is 9.44. The van der Waals surface area contributed by atoms with Crippen molar-refractivity contribution in [3.8, 4) is 5.69 Å². The maximum Gasteiger partial charge on any atom is 0.349 e. The first-order chi connectivity index (χ1) is 15.2. The molecule has 0 saturated carbocycles. The zero-order valence-electron chi connectivity index (χ0n) is 16.9. The molecule has 1 unspecified atom stereocenters. The molecule has 0 spiro atoms. The zero-order valence-corrected chi connectivity index (χ0v) is 19.2. The van der Waals surface area contributed by atoms with Gasteiger partial charge in [0.1, 0.15) is 15.5 Å². The summed E-state index contributed by atoms with van der Waals surface area (Å²) >= 11 is 13.1. The molecule has 2 aromatic carbocycles. The molecule has 32 heavy (non-hydrogen) atoms. The molecule has 1 atom stereocenters. The Hall–Kier alpha value is -2.94. The first kappa shape index (κ1) is 22.3. The maximum absolute atomic E-state index is 13.3. The molecule has 1 amide bonds. The van der Waals surface area contributed by atoms with Crippen LogP contribution in [0.5, 0.6) is 0 Å². The number of nitrogens with zero attached hydrogens (tertiary/aromatic N) is 2. The Kier molecular flexibility index (Phi) is 6.19. The van der Waals surface area contributed by atoms with E-state index in [2.05, 4.69) is 10.4 Å². The number of hydrogen-bond acceptors (Lipinski definition) is 5. The van der Waals surface area contributed by atoms with Gasteiger partial charge in [0, 0.05) is 21.1 Å². The van der Waals surface area contributed by atoms with Crippen molar-refractivity contribution in [2.24, 2.45) is 0 Å². The van der Waals surface area contributed by atoms with Crippen molar-refractivity contribution in [1.29, 1.82) is 0 Å². The number of anilines is 1. The summed E-state index contributed by atoms with van der Waals surface area (Å²) < 4.78 is 20.2. The Balaban J connectivity index is 1.51. The fourth-order valence-electron chi connectivity index (χ4n) is 3.05. The predicted octanol–water partition coefficient (Wildman–Crippen LogP) is 6.03. The predicted molar refractivity (Wildman–Crippen MR) is 124 cm³/mol. The van der Waals surface area contributed by atoms with Crippen LogP contribution in [0.2, 0.25) is 10.0 Å². The number of rotatable bonds is 5. The Morgan fingerprint density at radius 1 is 1.12 bits per heavy atom. The van der Waals surface area contributed by atoms with Crippen molar-refractivity contribution in [1.82, 2.24) is 9.78 Å². The lowest BCUT2D eigenvalue weighted by Gasteiger charge is -2.13. The molecule has 164 valence electrons.